The molecule has 300 valence electrons. The SMILES string of the molecule is C[C@@H](OC(C)(C)C)[C@H](NC(=O)[C@H](CCC(=O)OC(C)(C)C)NC(=O)CNC(=O)CNC(=O)CN)C(=O)N[C@H](C(=O)OC(C)(C)C)[C@@H](C)OC(C)(C)C. The first-order chi connectivity index (χ1) is 23.4. The molecule has 0 aliphatic heterocycles. The molecule has 0 unspecified atom stereocenters. The largest absolute Gasteiger partial charge is 0.460 e. The molecular weight excluding hydrogens is 680 g/mol. The Balaban J connectivity index is 6.45. The van der Waals surface area contributed by atoms with Crippen molar-refractivity contribution in [3.05, 3.63) is 0 Å². The molecule has 0 spiro atoms. The maximum Gasteiger partial charge on any atom is 0.331 e. The van der Waals surface area contributed by atoms with E-state index in [-0.39, 0.29) is 19.4 Å². The fraction of sp³-hybridized carbons (Fsp3) is 0.800. The van der Waals surface area contributed by atoms with Gasteiger partial charge in [0.05, 0.1) is 43.0 Å². The summed E-state index contributed by atoms with van der Waals surface area (Å²) in [7, 11) is 0. The molecule has 0 rings (SSSR count). The summed E-state index contributed by atoms with van der Waals surface area (Å²) in [6, 6.07) is -4.12. The minimum absolute atomic E-state index is 0.243. The van der Waals surface area contributed by atoms with Crippen molar-refractivity contribution in [2.24, 2.45) is 5.73 Å². The molecule has 17 nitrogen and oxygen atoms in total. The van der Waals surface area contributed by atoms with Crippen LogP contribution in [0.2, 0.25) is 0 Å². The molecule has 0 aliphatic carbocycles. The van der Waals surface area contributed by atoms with Gasteiger partial charge in [0.2, 0.25) is 29.5 Å². The van der Waals surface area contributed by atoms with Crippen LogP contribution in [0.4, 0.5) is 0 Å². The van der Waals surface area contributed by atoms with Gasteiger partial charge in [-0.2, -0.15) is 0 Å². The third-order valence-corrected chi connectivity index (χ3v) is 6.34. The van der Waals surface area contributed by atoms with Gasteiger partial charge in [-0.05, 0) is 103 Å². The number of nitrogens with two attached hydrogens (primary N) is 1. The zero-order valence-electron chi connectivity index (χ0n) is 33.5. The van der Waals surface area contributed by atoms with Crippen molar-refractivity contribution in [2.75, 3.05) is 19.6 Å². The highest BCUT2D eigenvalue weighted by Crippen LogP contribution is 2.19. The van der Waals surface area contributed by atoms with Crippen LogP contribution in [0, 0.1) is 0 Å². The van der Waals surface area contributed by atoms with Gasteiger partial charge < -0.3 is 51.3 Å². The molecule has 0 fully saturated rings. The Morgan fingerprint density at radius 3 is 1.46 bits per heavy atom. The second kappa shape index (κ2) is 20.4. The second-order valence-electron chi connectivity index (χ2n) is 16.4. The van der Waals surface area contributed by atoms with Crippen molar-refractivity contribution in [1.82, 2.24) is 26.6 Å². The third-order valence-electron chi connectivity index (χ3n) is 6.34. The zero-order chi connectivity index (χ0) is 40.8. The summed E-state index contributed by atoms with van der Waals surface area (Å²) in [5.74, 6) is -5.16. The summed E-state index contributed by atoms with van der Waals surface area (Å²) in [6.45, 7) is 22.5. The van der Waals surface area contributed by atoms with Gasteiger partial charge in [0.15, 0.2) is 6.04 Å². The number of ether oxygens (including phenoxy) is 4. The van der Waals surface area contributed by atoms with Crippen LogP contribution in [0.25, 0.3) is 0 Å². The molecular formula is C35H64N6O11. The highest BCUT2D eigenvalue weighted by Gasteiger charge is 2.39. The summed E-state index contributed by atoms with van der Waals surface area (Å²) in [6.07, 6.45) is -2.38. The molecule has 52 heavy (non-hydrogen) atoms. The van der Waals surface area contributed by atoms with Crippen LogP contribution in [-0.4, -0.2) is 114 Å². The fourth-order valence-electron chi connectivity index (χ4n) is 4.54. The van der Waals surface area contributed by atoms with E-state index in [9.17, 15) is 33.6 Å². The molecule has 0 aromatic carbocycles. The third kappa shape index (κ3) is 22.2. The smallest absolute Gasteiger partial charge is 0.331 e. The Labute approximate surface area is 308 Å². The summed E-state index contributed by atoms with van der Waals surface area (Å²) in [4.78, 5) is 90.1. The molecule has 0 radical (unpaired) electrons. The molecule has 17 heteroatoms. The lowest BCUT2D eigenvalue weighted by Gasteiger charge is -2.35. The van der Waals surface area contributed by atoms with E-state index in [1.54, 1.807) is 96.9 Å². The number of carbonyl (C=O) groups excluding carboxylic acids is 7. The number of hydrogen-bond acceptors (Lipinski definition) is 12. The van der Waals surface area contributed by atoms with Crippen molar-refractivity contribution < 1.29 is 52.5 Å². The molecule has 0 aromatic heterocycles. The number of esters is 2. The monoisotopic (exact) mass is 744 g/mol. The van der Waals surface area contributed by atoms with Gasteiger partial charge in [-0.1, -0.05) is 0 Å². The Kier molecular flexibility index (Phi) is 18.9. The highest BCUT2D eigenvalue weighted by atomic mass is 16.6. The first-order valence-corrected chi connectivity index (χ1v) is 17.4. The van der Waals surface area contributed by atoms with Gasteiger partial charge in [0.25, 0.3) is 0 Å². The Morgan fingerprint density at radius 1 is 0.558 bits per heavy atom. The van der Waals surface area contributed by atoms with E-state index in [2.05, 4.69) is 26.6 Å². The number of amides is 5. The molecule has 0 heterocycles. The minimum atomic E-state index is -1.43. The van der Waals surface area contributed by atoms with Crippen LogP contribution < -0.4 is 32.3 Å². The van der Waals surface area contributed by atoms with E-state index in [0.29, 0.717) is 0 Å². The van der Waals surface area contributed by atoms with E-state index < -0.39 is 107 Å². The van der Waals surface area contributed by atoms with Gasteiger partial charge in [0.1, 0.15) is 23.3 Å². The van der Waals surface area contributed by atoms with Crippen molar-refractivity contribution in [1.29, 1.82) is 0 Å². The van der Waals surface area contributed by atoms with E-state index in [1.807, 2.05) is 0 Å². The molecule has 0 saturated heterocycles. The Morgan fingerprint density at radius 2 is 1.00 bits per heavy atom. The minimum Gasteiger partial charge on any atom is -0.460 e. The molecule has 5 atom stereocenters. The quantitative estimate of drug-likeness (QED) is 0.105. The van der Waals surface area contributed by atoms with Gasteiger partial charge >= 0.3 is 11.9 Å². The number of nitrogens with one attached hydrogen (secondary N) is 5. The van der Waals surface area contributed by atoms with Gasteiger partial charge in [-0.3, -0.25) is 28.8 Å². The van der Waals surface area contributed by atoms with E-state index in [1.165, 1.54) is 0 Å². The van der Waals surface area contributed by atoms with Crippen LogP contribution in [-0.2, 0) is 52.5 Å². The molecule has 0 saturated carbocycles. The van der Waals surface area contributed by atoms with Crippen LogP contribution in [0.1, 0.15) is 110 Å². The van der Waals surface area contributed by atoms with Gasteiger partial charge in [0, 0.05) is 6.42 Å². The van der Waals surface area contributed by atoms with Crippen molar-refractivity contribution in [3.63, 3.8) is 0 Å². The van der Waals surface area contributed by atoms with Gasteiger partial charge in [-0.15, -0.1) is 0 Å². The summed E-state index contributed by atoms with van der Waals surface area (Å²) in [5, 5.41) is 12.3. The van der Waals surface area contributed by atoms with Crippen LogP contribution in [0.3, 0.4) is 0 Å². The van der Waals surface area contributed by atoms with Crippen molar-refractivity contribution in [3.8, 4) is 0 Å². The number of carbonyl (C=O) groups is 7. The average Bonchev–Trinajstić information content (AvgIpc) is 2.94. The number of rotatable bonds is 18. The molecule has 0 aliphatic rings. The second-order valence-corrected chi connectivity index (χ2v) is 16.4. The van der Waals surface area contributed by atoms with E-state index in [0.717, 1.165) is 0 Å². The van der Waals surface area contributed by atoms with Crippen molar-refractivity contribution >= 4 is 41.5 Å². The molecule has 0 bridgehead atoms. The molecule has 7 N–H and O–H groups in total. The predicted molar refractivity (Wildman–Crippen MR) is 192 cm³/mol. The zero-order valence-corrected chi connectivity index (χ0v) is 33.5. The highest BCUT2D eigenvalue weighted by molar-refractivity contribution is 5.95. The van der Waals surface area contributed by atoms with Crippen molar-refractivity contribution in [2.45, 2.75) is 163 Å². The lowest BCUT2D eigenvalue weighted by molar-refractivity contribution is -0.167. The molecule has 5 amide bonds. The van der Waals surface area contributed by atoms with Gasteiger partial charge in [-0.25, -0.2) is 4.79 Å². The first-order valence-electron chi connectivity index (χ1n) is 17.4. The summed E-state index contributed by atoms with van der Waals surface area (Å²) in [5.41, 5.74) is 2.02. The average molecular weight is 745 g/mol. The number of hydrogen-bond donors (Lipinski definition) is 6. The maximum atomic E-state index is 14.0. The predicted octanol–water partition coefficient (Wildman–Crippen LogP) is 0.503. The Hall–Kier alpha value is -3.83. The lowest BCUT2D eigenvalue weighted by atomic mass is 10.0. The topological polar surface area (TPSA) is 243 Å². The van der Waals surface area contributed by atoms with E-state index >= 15 is 0 Å². The van der Waals surface area contributed by atoms with Crippen LogP contribution in [0.5, 0.6) is 0 Å². The van der Waals surface area contributed by atoms with E-state index in [4.69, 9.17) is 24.7 Å². The lowest BCUT2D eigenvalue weighted by Crippen LogP contribution is -2.62. The Bertz CT molecular complexity index is 1250. The standard InChI is InChI=1S/C35H64N6O11/c1-20(49-32(3,4)5)27(30(47)41-28(21(2)50-33(6,7)8)31(48)52-35(12,13)14)40-29(46)22(15-16-26(45)51-34(9,10)11)39-25(44)19-38-24(43)18-37-23(42)17-36/h20-22,27-28H,15-19,36H2,1-14H3,(H,37,42)(H,38,43)(H,39,44)(H,40,46)(H,41,47)/t20-,21-,22+,27+,28+/m1/s1. The van der Waals surface area contributed by atoms with Crippen LogP contribution >= 0.6 is 0 Å². The summed E-state index contributed by atoms with van der Waals surface area (Å²) >= 11 is 0. The molecule has 0 aromatic rings. The first kappa shape index (κ1) is 48.2. The summed E-state index contributed by atoms with van der Waals surface area (Å²) < 4.78 is 23.0. The maximum absolute atomic E-state index is 14.0. The normalized spacial score (nSPS) is 15.1. The van der Waals surface area contributed by atoms with Crippen LogP contribution in [0.15, 0.2) is 0 Å². The fourth-order valence-corrected chi connectivity index (χ4v) is 4.54.